The van der Waals surface area contributed by atoms with Gasteiger partial charge >= 0.3 is 0 Å². The quantitative estimate of drug-likeness (QED) is 0.659. The van der Waals surface area contributed by atoms with Gasteiger partial charge in [-0.3, -0.25) is 0 Å². The van der Waals surface area contributed by atoms with Gasteiger partial charge in [0, 0.05) is 0 Å². The van der Waals surface area contributed by atoms with Crippen LogP contribution in [0.5, 0.6) is 0 Å². The molecule has 0 heteroatoms. The summed E-state index contributed by atoms with van der Waals surface area (Å²) in [7, 11) is 0. The third-order valence-electron chi connectivity index (χ3n) is 2.14. The summed E-state index contributed by atoms with van der Waals surface area (Å²) in [6.45, 7) is 5.55. The Kier molecular flexibility index (Phi) is 2.46. The van der Waals surface area contributed by atoms with E-state index in [0.29, 0.717) is 0 Å². The molecule has 0 saturated heterocycles. The van der Waals surface area contributed by atoms with Crippen molar-refractivity contribution >= 4 is 6.08 Å². The first-order chi connectivity index (χ1) is 6.92. The fourth-order valence-corrected chi connectivity index (χ4v) is 1.45. The molecule has 0 aliphatic heterocycles. The van der Waals surface area contributed by atoms with Gasteiger partial charge in [-0.1, -0.05) is 61.2 Å². The van der Waals surface area contributed by atoms with Crippen LogP contribution in [-0.4, -0.2) is 0 Å². The Labute approximate surface area is 84.5 Å². The summed E-state index contributed by atoms with van der Waals surface area (Å²) in [4.78, 5) is 0. The summed E-state index contributed by atoms with van der Waals surface area (Å²) in [5, 5.41) is 0. The Morgan fingerprint density at radius 1 is 1.00 bits per heavy atom. The molecule has 0 nitrogen and oxygen atoms in total. The van der Waals surface area contributed by atoms with Crippen molar-refractivity contribution in [3.63, 3.8) is 0 Å². The van der Waals surface area contributed by atoms with Gasteiger partial charge in [0.05, 0.1) is 0 Å². The molecule has 0 N–H and O–H groups in total. The van der Waals surface area contributed by atoms with Gasteiger partial charge in [-0.05, 0) is 22.8 Å². The zero-order valence-electron chi connectivity index (χ0n) is 7.77. The van der Waals surface area contributed by atoms with Gasteiger partial charge in [0.2, 0.25) is 0 Å². The largest absolute Gasteiger partial charge is 0.0616 e. The first-order valence-electron chi connectivity index (χ1n) is 4.53. The molecule has 2 rings (SSSR count). The van der Waals surface area contributed by atoms with Crippen molar-refractivity contribution in [3.05, 3.63) is 66.7 Å². The normalized spacial score (nSPS) is 9.71. The van der Waals surface area contributed by atoms with E-state index in [1.54, 1.807) is 6.08 Å². The molecule has 0 fully saturated rings. The third-order valence-corrected chi connectivity index (χ3v) is 2.14. The minimum atomic E-state index is 1.04. The van der Waals surface area contributed by atoms with Gasteiger partial charge in [-0.15, -0.1) is 0 Å². The molecule has 0 heterocycles. The summed E-state index contributed by atoms with van der Waals surface area (Å²) >= 11 is 0. The van der Waals surface area contributed by atoms with E-state index in [0.717, 1.165) is 16.7 Å². The Morgan fingerprint density at radius 2 is 1.79 bits per heavy atom. The van der Waals surface area contributed by atoms with E-state index in [2.05, 4.69) is 6.07 Å². The van der Waals surface area contributed by atoms with Crippen molar-refractivity contribution < 1.29 is 0 Å². The van der Waals surface area contributed by atoms with E-state index in [4.69, 9.17) is 6.58 Å². The van der Waals surface area contributed by atoms with E-state index in [1.165, 1.54) is 0 Å². The van der Waals surface area contributed by atoms with E-state index in [1.807, 2.05) is 48.5 Å². The van der Waals surface area contributed by atoms with Crippen LogP contribution in [-0.2, 0) is 0 Å². The van der Waals surface area contributed by atoms with Crippen LogP contribution >= 0.6 is 0 Å². The smallest absolute Gasteiger partial charge is 0.00990 e. The van der Waals surface area contributed by atoms with Crippen LogP contribution in [0.4, 0.5) is 0 Å². The Morgan fingerprint density at radius 3 is 2.50 bits per heavy atom. The number of benzene rings is 2. The van der Waals surface area contributed by atoms with E-state index < -0.39 is 0 Å². The van der Waals surface area contributed by atoms with Gasteiger partial charge in [-0.2, -0.15) is 0 Å². The molecule has 0 saturated carbocycles. The molecule has 0 bridgehead atoms. The average Bonchev–Trinajstić information content (AvgIpc) is 2.30. The number of hydrogen-bond donors (Lipinski definition) is 0. The molecule has 0 aromatic heterocycles. The van der Waals surface area contributed by atoms with Crippen molar-refractivity contribution in [2.45, 2.75) is 0 Å². The second-order valence-electron chi connectivity index (χ2n) is 3.03. The molecule has 0 unspecified atom stereocenters. The van der Waals surface area contributed by atoms with E-state index >= 15 is 0 Å². The highest BCUT2D eigenvalue weighted by atomic mass is 14.0. The van der Waals surface area contributed by atoms with Crippen LogP contribution in [0.15, 0.2) is 48.5 Å². The first-order valence-corrected chi connectivity index (χ1v) is 4.53. The van der Waals surface area contributed by atoms with Gasteiger partial charge < -0.3 is 0 Å². The molecule has 0 spiro atoms. The van der Waals surface area contributed by atoms with Gasteiger partial charge in [0.15, 0.2) is 0 Å². The lowest BCUT2D eigenvalue weighted by molar-refractivity contribution is 1.58. The molecule has 0 aliphatic carbocycles. The summed E-state index contributed by atoms with van der Waals surface area (Å²) in [5.41, 5.74) is 3.23. The molecule has 0 atom stereocenters. The predicted octanol–water partition coefficient (Wildman–Crippen LogP) is 3.60. The van der Waals surface area contributed by atoms with Crippen LogP contribution in [0, 0.1) is 12.6 Å². The van der Waals surface area contributed by atoms with Crippen molar-refractivity contribution in [1.82, 2.24) is 0 Å². The standard InChI is InChI=1S/C14H10/c1-2-12-8-6-7-11-14(12)13-9-4-3-5-10-13/h1-9,11H. The summed E-state index contributed by atoms with van der Waals surface area (Å²) in [5.74, 6) is 0. The third kappa shape index (κ3) is 1.60. The number of hydrogen-bond acceptors (Lipinski definition) is 0. The maximum atomic E-state index is 5.55. The fourth-order valence-electron chi connectivity index (χ4n) is 1.45. The first kappa shape index (κ1) is 8.76. The van der Waals surface area contributed by atoms with Gasteiger partial charge in [-0.25, -0.2) is 0 Å². The monoisotopic (exact) mass is 178 g/mol. The van der Waals surface area contributed by atoms with Gasteiger partial charge in [0.25, 0.3) is 0 Å². The molecule has 2 aromatic carbocycles. The molecule has 66 valence electrons. The topological polar surface area (TPSA) is 0 Å². The van der Waals surface area contributed by atoms with Crippen LogP contribution in [0.25, 0.3) is 17.2 Å². The maximum Gasteiger partial charge on any atom is -0.00990 e. The van der Waals surface area contributed by atoms with Crippen LogP contribution < -0.4 is 0 Å². The molecule has 2 radical (unpaired) electrons. The Hall–Kier alpha value is -1.82. The maximum absolute atomic E-state index is 5.55. The highest BCUT2D eigenvalue weighted by Gasteiger charge is 1.99. The summed E-state index contributed by atoms with van der Waals surface area (Å²) < 4.78 is 0. The zero-order valence-corrected chi connectivity index (χ0v) is 7.77. The summed E-state index contributed by atoms with van der Waals surface area (Å²) in [6.07, 6.45) is 1.62. The van der Waals surface area contributed by atoms with Crippen molar-refractivity contribution in [3.8, 4) is 11.1 Å². The molecule has 0 aliphatic rings. The number of rotatable bonds is 2. The molecule has 2 aromatic rings. The fraction of sp³-hybridized carbons (Fsp3) is 0. The zero-order chi connectivity index (χ0) is 9.80. The van der Waals surface area contributed by atoms with Crippen molar-refractivity contribution in [2.75, 3.05) is 0 Å². The summed E-state index contributed by atoms with van der Waals surface area (Å²) in [6, 6.07) is 19.1. The van der Waals surface area contributed by atoms with E-state index in [-0.39, 0.29) is 0 Å². The minimum absolute atomic E-state index is 1.04. The predicted molar refractivity (Wildman–Crippen MR) is 59.5 cm³/mol. The minimum Gasteiger partial charge on any atom is -0.0616 e. The van der Waals surface area contributed by atoms with Gasteiger partial charge in [0.1, 0.15) is 0 Å². The highest BCUT2D eigenvalue weighted by molar-refractivity contribution is 5.73. The van der Waals surface area contributed by atoms with E-state index in [9.17, 15) is 0 Å². The highest BCUT2D eigenvalue weighted by Crippen LogP contribution is 2.23. The van der Waals surface area contributed by atoms with Crippen LogP contribution in [0.1, 0.15) is 5.56 Å². The Balaban J connectivity index is 2.57. The lowest BCUT2D eigenvalue weighted by atomic mass is 10.00. The molecule has 14 heavy (non-hydrogen) atoms. The second kappa shape index (κ2) is 3.93. The lowest BCUT2D eigenvalue weighted by Gasteiger charge is -2.04. The SMILES string of the molecule is [CH]=Cc1ccccc1-c1[c]cccc1. The average molecular weight is 178 g/mol. The molecular weight excluding hydrogens is 168 g/mol. The second-order valence-corrected chi connectivity index (χ2v) is 3.03. The molecule has 0 amide bonds. The molecular formula is C14H10. The van der Waals surface area contributed by atoms with Crippen LogP contribution in [0.3, 0.4) is 0 Å². The van der Waals surface area contributed by atoms with Crippen molar-refractivity contribution in [2.24, 2.45) is 0 Å². The van der Waals surface area contributed by atoms with Crippen molar-refractivity contribution in [1.29, 1.82) is 0 Å². The van der Waals surface area contributed by atoms with Crippen LogP contribution in [0.2, 0.25) is 0 Å². The lowest BCUT2D eigenvalue weighted by Crippen LogP contribution is -1.81. The Bertz CT molecular complexity index is 427.